The molecule has 0 saturated carbocycles. The van der Waals surface area contributed by atoms with Crippen molar-refractivity contribution in [1.82, 2.24) is 14.6 Å². The molecule has 1 N–H and O–H groups in total. The maximum Gasteiger partial charge on any atom is 0.213 e. The summed E-state index contributed by atoms with van der Waals surface area (Å²) in [5.74, 6) is 0.752. The van der Waals surface area contributed by atoms with E-state index in [4.69, 9.17) is 0 Å². The van der Waals surface area contributed by atoms with Crippen molar-refractivity contribution in [2.45, 2.75) is 39.7 Å². The Morgan fingerprint density at radius 2 is 2.09 bits per heavy atom. The lowest BCUT2D eigenvalue weighted by atomic mass is 9.97. The molecule has 124 valence electrons. The minimum Gasteiger partial charge on any atom is -0.310 e. The summed E-state index contributed by atoms with van der Waals surface area (Å²) in [6, 6.07) is 2.35. The second kappa shape index (κ2) is 7.53. The number of nitrogens with zero attached hydrogens (tertiary/aromatic N) is 2. The van der Waals surface area contributed by atoms with E-state index in [1.807, 2.05) is 12.4 Å². The highest BCUT2D eigenvalue weighted by Gasteiger charge is 2.26. The van der Waals surface area contributed by atoms with Crippen LogP contribution in [0.15, 0.2) is 18.5 Å². The Morgan fingerprint density at radius 1 is 1.41 bits per heavy atom. The molecule has 0 spiro atoms. The van der Waals surface area contributed by atoms with Crippen LogP contribution in [0.5, 0.6) is 0 Å². The van der Waals surface area contributed by atoms with Crippen molar-refractivity contribution in [3.63, 3.8) is 0 Å². The van der Waals surface area contributed by atoms with Crippen LogP contribution in [0, 0.1) is 12.8 Å². The predicted octanol–water partition coefficient (Wildman–Crippen LogP) is 2.10. The summed E-state index contributed by atoms with van der Waals surface area (Å²) in [5, 5.41) is 3.58. The Labute approximate surface area is 134 Å². The molecule has 1 fully saturated rings. The summed E-state index contributed by atoms with van der Waals surface area (Å²) < 4.78 is 25.3. The van der Waals surface area contributed by atoms with Gasteiger partial charge in [0.05, 0.1) is 5.75 Å². The van der Waals surface area contributed by atoms with E-state index in [0.717, 1.165) is 19.4 Å². The first-order chi connectivity index (χ1) is 10.4. The Kier molecular flexibility index (Phi) is 5.94. The van der Waals surface area contributed by atoms with Crippen LogP contribution in [0.3, 0.4) is 0 Å². The number of aromatic nitrogens is 1. The number of sulfonamides is 1. The van der Waals surface area contributed by atoms with Crippen molar-refractivity contribution in [1.29, 1.82) is 0 Å². The molecule has 6 heteroatoms. The lowest BCUT2D eigenvalue weighted by Crippen LogP contribution is -2.41. The highest BCUT2D eigenvalue weighted by atomic mass is 32.2. The largest absolute Gasteiger partial charge is 0.310 e. The number of hydrogen-bond acceptors (Lipinski definition) is 4. The molecule has 0 amide bonds. The van der Waals surface area contributed by atoms with E-state index in [9.17, 15) is 8.42 Å². The molecular weight excluding hydrogens is 298 g/mol. The number of aryl methyl sites for hydroxylation is 1. The second-order valence-electron chi connectivity index (χ2n) is 6.11. The first-order valence-electron chi connectivity index (χ1n) is 8.05. The summed E-state index contributed by atoms with van der Waals surface area (Å²) in [6.07, 6.45) is 5.60. The average molecular weight is 325 g/mol. The fourth-order valence-electron chi connectivity index (χ4n) is 3.00. The minimum atomic E-state index is -3.02. The van der Waals surface area contributed by atoms with Crippen LogP contribution in [0.1, 0.15) is 43.9 Å². The quantitative estimate of drug-likeness (QED) is 0.870. The fraction of sp³-hybridized carbons (Fsp3) is 0.688. The third-order valence-electron chi connectivity index (χ3n) is 4.57. The summed E-state index contributed by atoms with van der Waals surface area (Å²) in [4.78, 5) is 4.13. The van der Waals surface area contributed by atoms with E-state index in [1.165, 1.54) is 11.1 Å². The highest BCUT2D eigenvalue weighted by molar-refractivity contribution is 7.89. The van der Waals surface area contributed by atoms with Gasteiger partial charge in [0, 0.05) is 31.5 Å². The molecule has 1 unspecified atom stereocenters. The van der Waals surface area contributed by atoms with Gasteiger partial charge < -0.3 is 5.32 Å². The summed E-state index contributed by atoms with van der Waals surface area (Å²) in [7, 11) is -3.02. The summed E-state index contributed by atoms with van der Waals surface area (Å²) in [5.41, 5.74) is 2.48. The van der Waals surface area contributed by atoms with E-state index in [1.54, 1.807) is 11.2 Å². The van der Waals surface area contributed by atoms with Crippen molar-refractivity contribution in [3.8, 4) is 0 Å². The van der Waals surface area contributed by atoms with Gasteiger partial charge in [-0.1, -0.05) is 0 Å². The van der Waals surface area contributed by atoms with E-state index in [2.05, 4.69) is 30.2 Å². The monoisotopic (exact) mass is 325 g/mol. The van der Waals surface area contributed by atoms with Gasteiger partial charge in [0.15, 0.2) is 0 Å². The van der Waals surface area contributed by atoms with Crippen LogP contribution in [0.25, 0.3) is 0 Å². The lowest BCUT2D eigenvalue weighted by Gasteiger charge is -2.31. The highest BCUT2D eigenvalue weighted by Crippen LogP contribution is 2.21. The molecule has 2 heterocycles. The summed E-state index contributed by atoms with van der Waals surface area (Å²) >= 11 is 0. The Balaban J connectivity index is 1.81. The summed E-state index contributed by atoms with van der Waals surface area (Å²) in [6.45, 7) is 8.20. The maximum atomic E-state index is 11.9. The standard InChI is InChI=1S/C16H27N3O2S/c1-4-22(20,21)19-9-6-15(7-10-19)12-18-14(3)16-5-8-17-11-13(16)2/h5,8,11,14-15,18H,4,6-7,9-10,12H2,1-3H3. The van der Waals surface area contributed by atoms with Gasteiger partial charge in [0.1, 0.15) is 0 Å². The Hall–Kier alpha value is -0.980. The van der Waals surface area contributed by atoms with Gasteiger partial charge in [0.2, 0.25) is 10.0 Å². The van der Waals surface area contributed by atoms with Gasteiger partial charge in [-0.15, -0.1) is 0 Å². The molecule has 1 atom stereocenters. The zero-order chi connectivity index (χ0) is 16.2. The van der Waals surface area contributed by atoms with Crippen LogP contribution in [0.2, 0.25) is 0 Å². The van der Waals surface area contributed by atoms with Crippen LogP contribution in [-0.2, 0) is 10.0 Å². The fourth-order valence-corrected chi connectivity index (χ4v) is 4.13. The molecule has 0 bridgehead atoms. The normalized spacial score (nSPS) is 19.2. The topological polar surface area (TPSA) is 62.3 Å². The predicted molar refractivity (Wildman–Crippen MR) is 89.1 cm³/mol. The molecule has 1 aromatic heterocycles. The number of pyridine rings is 1. The van der Waals surface area contributed by atoms with E-state index in [-0.39, 0.29) is 5.75 Å². The van der Waals surface area contributed by atoms with E-state index >= 15 is 0 Å². The van der Waals surface area contributed by atoms with Crippen molar-refractivity contribution in [2.24, 2.45) is 5.92 Å². The first kappa shape index (κ1) is 17.4. The molecule has 1 aromatic rings. The number of hydrogen-bond donors (Lipinski definition) is 1. The molecule has 2 rings (SSSR count). The van der Waals surface area contributed by atoms with Crippen LogP contribution in [0.4, 0.5) is 0 Å². The Bertz CT molecular complexity index is 581. The zero-order valence-corrected chi connectivity index (χ0v) is 14.6. The van der Waals surface area contributed by atoms with Gasteiger partial charge in [-0.2, -0.15) is 0 Å². The van der Waals surface area contributed by atoms with Crippen molar-refractivity contribution in [2.75, 3.05) is 25.4 Å². The maximum absolute atomic E-state index is 11.9. The Morgan fingerprint density at radius 3 is 2.68 bits per heavy atom. The van der Waals surface area contributed by atoms with Crippen molar-refractivity contribution in [3.05, 3.63) is 29.6 Å². The molecule has 5 nitrogen and oxygen atoms in total. The SMILES string of the molecule is CCS(=O)(=O)N1CCC(CNC(C)c2ccncc2C)CC1. The molecule has 0 radical (unpaired) electrons. The average Bonchev–Trinajstić information content (AvgIpc) is 2.53. The van der Waals surface area contributed by atoms with Crippen molar-refractivity contribution < 1.29 is 8.42 Å². The van der Waals surface area contributed by atoms with Gasteiger partial charge in [0.25, 0.3) is 0 Å². The molecule has 0 aliphatic carbocycles. The molecule has 1 saturated heterocycles. The van der Waals surface area contributed by atoms with Crippen molar-refractivity contribution >= 4 is 10.0 Å². The van der Waals surface area contributed by atoms with Gasteiger partial charge in [-0.25, -0.2) is 12.7 Å². The second-order valence-corrected chi connectivity index (χ2v) is 8.36. The zero-order valence-electron chi connectivity index (χ0n) is 13.7. The third kappa shape index (κ3) is 4.27. The number of rotatable bonds is 6. The van der Waals surface area contributed by atoms with Crippen LogP contribution < -0.4 is 5.32 Å². The van der Waals surface area contributed by atoms with Crippen LogP contribution in [-0.4, -0.2) is 43.1 Å². The van der Waals surface area contributed by atoms with Gasteiger partial charge >= 0.3 is 0 Å². The molecule has 0 aromatic carbocycles. The molecule has 22 heavy (non-hydrogen) atoms. The first-order valence-corrected chi connectivity index (χ1v) is 9.66. The number of piperidine rings is 1. The number of nitrogens with one attached hydrogen (secondary N) is 1. The third-order valence-corrected chi connectivity index (χ3v) is 6.46. The molecule has 1 aliphatic rings. The minimum absolute atomic E-state index is 0.203. The molecule has 1 aliphatic heterocycles. The molecular formula is C16H27N3O2S. The van der Waals surface area contributed by atoms with Gasteiger partial charge in [-0.05, 0) is 63.3 Å². The smallest absolute Gasteiger partial charge is 0.213 e. The van der Waals surface area contributed by atoms with Gasteiger partial charge in [-0.3, -0.25) is 4.98 Å². The van der Waals surface area contributed by atoms with Crippen LogP contribution >= 0.6 is 0 Å². The van der Waals surface area contributed by atoms with E-state index in [0.29, 0.717) is 25.0 Å². The lowest BCUT2D eigenvalue weighted by molar-refractivity contribution is 0.263. The van der Waals surface area contributed by atoms with E-state index < -0.39 is 10.0 Å².